The molecule has 1 fully saturated rings. The molecular weight excluding hydrogens is 346 g/mol. The van der Waals surface area contributed by atoms with Crippen LogP contribution in [0.5, 0.6) is 0 Å². The largest absolute Gasteiger partial charge is 0.447 e. The molecule has 0 aliphatic carbocycles. The van der Waals surface area contributed by atoms with Crippen LogP contribution in [0, 0.1) is 0 Å². The average molecular weight is 380 g/mol. The van der Waals surface area contributed by atoms with Gasteiger partial charge in [0.2, 0.25) is 0 Å². The molecule has 0 aromatic rings. The maximum atomic E-state index is 12.1. The Morgan fingerprint density at radius 3 is 1.88 bits per heavy atom. The van der Waals surface area contributed by atoms with E-state index in [1.54, 1.807) is 9.80 Å². The van der Waals surface area contributed by atoms with E-state index in [9.17, 15) is 9.59 Å². The molecule has 0 N–H and O–H groups in total. The Morgan fingerprint density at radius 2 is 1.44 bits per heavy atom. The molecule has 25 heavy (non-hydrogen) atoms. The Balaban J connectivity index is 0.00000576. The van der Waals surface area contributed by atoms with Gasteiger partial charge in [-0.15, -0.1) is 12.4 Å². The van der Waals surface area contributed by atoms with Crippen molar-refractivity contribution < 1.29 is 19.1 Å². The van der Waals surface area contributed by atoms with Crippen molar-refractivity contribution in [1.82, 2.24) is 14.7 Å². The van der Waals surface area contributed by atoms with Crippen molar-refractivity contribution in [3.8, 4) is 0 Å². The second-order valence-electron chi connectivity index (χ2n) is 6.98. The third kappa shape index (κ3) is 8.63. The zero-order valence-corrected chi connectivity index (χ0v) is 17.2. The van der Waals surface area contributed by atoms with Crippen LogP contribution in [-0.2, 0) is 9.47 Å². The fraction of sp³-hybridized carbons (Fsp3) is 0.882. The van der Waals surface area contributed by atoms with Gasteiger partial charge in [-0.2, -0.15) is 0 Å². The standard InChI is InChI=1S/C17H33N3O4.ClH/c1-13(2)20(17(22)24-15(5)6)12-9-18-7-10-19(11-8-18)16(21)23-14(3)4;/h13-15H,7-12H2,1-6H3;1H. The molecular formula is C17H34ClN3O4. The Kier molecular flexibility index (Phi) is 10.9. The SMILES string of the molecule is CC(C)OC(=O)N1CCN(CCN(C(=O)OC(C)C)C(C)C)CC1.Cl. The molecule has 0 aromatic heterocycles. The van der Waals surface area contributed by atoms with Gasteiger partial charge in [-0.3, -0.25) is 4.90 Å². The fourth-order valence-electron chi connectivity index (χ4n) is 2.51. The summed E-state index contributed by atoms with van der Waals surface area (Å²) in [6.45, 7) is 15.7. The monoisotopic (exact) mass is 379 g/mol. The molecule has 2 amide bonds. The van der Waals surface area contributed by atoms with E-state index < -0.39 is 0 Å². The molecule has 148 valence electrons. The molecule has 7 nitrogen and oxygen atoms in total. The van der Waals surface area contributed by atoms with Crippen molar-refractivity contribution in [3.63, 3.8) is 0 Å². The molecule has 8 heteroatoms. The number of hydrogen-bond donors (Lipinski definition) is 0. The minimum atomic E-state index is -0.265. The Morgan fingerprint density at radius 1 is 0.920 bits per heavy atom. The number of halogens is 1. The van der Waals surface area contributed by atoms with Gasteiger partial charge in [0.05, 0.1) is 12.2 Å². The van der Waals surface area contributed by atoms with Crippen LogP contribution in [0.15, 0.2) is 0 Å². The van der Waals surface area contributed by atoms with Crippen LogP contribution in [-0.4, -0.2) is 84.4 Å². The molecule has 0 bridgehead atoms. The molecule has 0 saturated carbocycles. The Labute approximate surface area is 158 Å². The highest BCUT2D eigenvalue weighted by molar-refractivity contribution is 5.85. The molecule has 0 aromatic carbocycles. The summed E-state index contributed by atoms with van der Waals surface area (Å²) in [4.78, 5) is 29.8. The molecule has 1 aliphatic heterocycles. The number of nitrogens with zero attached hydrogens (tertiary/aromatic N) is 3. The predicted molar refractivity (Wildman–Crippen MR) is 100 cm³/mol. The minimum Gasteiger partial charge on any atom is -0.447 e. The first-order valence-electron chi connectivity index (χ1n) is 8.85. The number of amides is 2. The summed E-state index contributed by atoms with van der Waals surface area (Å²) >= 11 is 0. The van der Waals surface area contributed by atoms with E-state index in [0.29, 0.717) is 19.6 Å². The van der Waals surface area contributed by atoms with Gasteiger partial charge in [0.15, 0.2) is 0 Å². The average Bonchev–Trinajstić information content (AvgIpc) is 2.46. The van der Waals surface area contributed by atoms with Gasteiger partial charge in [-0.25, -0.2) is 9.59 Å². The van der Waals surface area contributed by atoms with Crippen LogP contribution in [0.4, 0.5) is 9.59 Å². The second kappa shape index (κ2) is 11.4. The van der Waals surface area contributed by atoms with E-state index in [0.717, 1.165) is 19.6 Å². The van der Waals surface area contributed by atoms with Crippen molar-refractivity contribution in [1.29, 1.82) is 0 Å². The molecule has 0 radical (unpaired) electrons. The Bertz CT molecular complexity index is 411. The second-order valence-corrected chi connectivity index (χ2v) is 6.98. The lowest BCUT2D eigenvalue weighted by molar-refractivity contribution is 0.0488. The minimum absolute atomic E-state index is 0. The van der Waals surface area contributed by atoms with Crippen molar-refractivity contribution in [3.05, 3.63) is 0 Å². The summed E-state index contributed by atoms with van der Waals surface area (Å²) in [6.07, 6.45) is -0.718. The Hall–Kier alpha value is -1.21. The lowest BCUT2D eigenvalue weighted by Gasteiger charge is -2.36. The van der Waals surface area contributed by atoms with Crippen molar-refractivity contribution in [2.24, 2.45) is 0 Å². The van der Waals surface area contributed by atoms with Crippen LogP contribution in [0.2, 0.25) is 0 Å². The van der Waals surface area contributed by atoms with Gasteiger partial charge in [-0.05, 0) is 41.5 Å². The molecule has 0 unspecified atom stereocenters. The number of ether oxygens (including phenoxy) is 2. The summed E-state index contributed by atoms with van der Waals surface area (Å²) in [5.74, 6) is 0. The highest BCUT2D eigenvalue weighted by Gasteiger charge is 2.25. The molecule has 1 aliphatic rings. The zero-order chi connectivity index (χ0) is 18.3. The molecule has 1 rings (SSSR count). The summed E-state index contributed by atoms with van der Waals surface area (Å²) in [6, 6.07) is 0.0959. The van der Waals surface area contributed by atoms with Crippen LogP contribution in [0.3, 0.4) is 0 Å². The fourth-order valence-corrected chi connectivity index (χ4v) is 2.51. The van der Waals surface area contributed by atoms with Crippen molar-refractivity contribution in [2.75, 3.05) is 39.3 Å². The van der Waals surface area contributed by atoms with Gasteiger partial charge in [0.25, 0.3) is 0 Å². The number of rotatable bonds is 6. The van der Waals surface area contributed by atoms with Crippen LogP contribution < -0.4 is 0 Å². The van der Waals surface area contributed by atoms with Gasteiger partial charge in [0.1, 0.15) is 0 Å². The predicted octanol–water partition coefficient (Wildman–Crippen LogP) is 2.83. The smallest absolute Gasteiger partial charge is 0.410 e. The number of piperazine rings is 1. The van der Waals surface area contributed by atoms with E-state index in [2.05, 4.69) is 4.90 Å². The first-order valence-corrected chi connectivity index (χ1v) is 8.85. The van der Waals surface area contributed by atoms with Crippen LogP contribution in [0.1, 0.15) is 41.5 Å². The van der Waals surface area contributed by atoms with Gasteiger partial charge >= 0.3 is 12.2 Å². The summed E-state index contributed by atoms with van der Waals surface area (Å²) in [5, 5.41) is 0. The molecule has 1 heterocycles. The molecule has 1 saturated heterocycles. The lowest BCUT2D eigenvalue weighted by Crippen LogP contribution is -2.51. The lowest BCUT2D eigenvalue weighted by atomic mass is 10.3. The maximum absolute atomic E-state index is 12.1. The summed E-state index contributed by atoms with van der Waals surface area (Å²) in [7, 11) is 0. The van der Waals surface area contributed by atoms with E-state index in [4.69, 9.17) is 9.47 Å². The maximum Gasteiger partial charge on any atom is 0.410 e. The van der Waals surface area contributed by atoms with Gasteiger partial charge in [-0.1, -0.05) is 0 Å². The first kappa shape index (κ1) is 23.8. The van der Waals surface area contributed by atoms with E-state index in [1.807, 2.05) is 41.5 Å². The number of carbonyl (C=O) groups is 2. The van der Waals surface area contributed by atoms with Crippen molar-refractivity contribution >= 4 is 24.6 Å². The van der Waals surface area contributed by atoms with Crippen LogP contribution in [0.25, 0.3) is 0 Å². The zero-order valence-electron chi connectivity index (χ0n) is 16.4. The summed E-state index contributed by atoms with van der Waals surface area (Å²) in [5.41, 5.74) is 0. The summed E-state index contributed by atoms with van der Waals surface area (Å²) < 4.78 is 10.5. The topological polar surface area (TPSA) is 62.3 Å². The van der Waals surface area contributed by atoms with E-state index >= 15 is 0 Å². The third-order valence-corrected chi connectivity index (χ3v) is 3.82. The quantitative estimate of drug-likeness (QED) is 0.710. The number of carbonyl (C=O) groups excluding carboxylic acids is 2. The van der Waals surface area contributed by atoms with Gasteiger partial charge in [0, 0.05) is 45.3 Å². The highest BCUT2D eigenvalue weighted by atomic mass is 35.5. The first-order chi connectivity index (χ1) is 11.2. The normalized spacial score (nSPS) is 15.3. The molecule has 0 atom stereocenters. The van der Waals surface area contributed by atoms with E-state index in [1.165, 1.54) is 0 Å². The highest BCUT2D eigenvalue weighted by Crippen LogP contribution is 2.08. The van der Waals surface area contributed by atoms with Crippen molar-refractivity contribution in [2.45, 2.75) is 59.8 Å². The van der Waals surface area contributed by atoms with Crippen LogP contribution >= 0.6 is 12.4 Å². The van der Waals surface area contributed by atoms with E-state index in [-0.39, 0.29) is 42.8 Å². The number of hydrogen-bond acceptors (Lipinski definition) is 5. The third-order valence-electron chi connectivity index (χ3n) is 3.82. The van der Waals surface area contributed by atoms with Gasteiger partial charge < -0.3 is 19.3 Å². The molecule has 0 spiro atoms.